The number of carboxylic acids is 3. The summed E-state index contributed by atoms with van der Waals surface area (Å²) in [6, 6.07) is 9.96. The highest BCUT2D eigenvalue weighted by Crippen LogP contribution is 2.23. The number of hydrogen-bond acceptors (Lipinski definition) is 11. The number of hydrogen-bond donors (Lipinski definition) is 14. The maximum atomic E-state index is 14.5. The minimum Gasteiger partial charge on any atom is -0.481 e. The second-order valence-electron chi connectivity index (χ2n) is 20.2. The number of H-pyrrole nitrogens is 3. The standard InChI is InChI=1S/C56H69N11O13/c1-6-29(4)48(56(79)80)67-54(77)42(22-32-26-59-39-17-11-8-14-35(32)39)63-49(72)30(5)61-55(78)47(28(2)3)66-53(76)43(23-33-27-60-40-18-12-9-15-36(33)40)64-52(75)44(24-46(70)71)65-51(74)41(19-20-45(68)69)62-50(73)37(57)21-31-25-58-38-16-10-7-13-34(31)38/h7-18,25-30,37,41-44,47-48,58-60H,6,19-24,57H2,1-5H3,(H,61,78)(H,62,73)(H,63,72)(H,64,75)(H,65,74)(H,66,76)(H,67,77)(H,68,69)(H,70,71)(H,79,80)/t29-,30-,37-,41-,42-,43-,44-,47-,48-/m0/s1. The van der Waals surface area contributed by atoms with E-state index in [0.29, 0.717) is 34.0 Å². The van der Waals surface area contributed by atoms with Crippen molar-refractivity contribution in [2.45, 2.75) is 128 Å². The van der Waals surface area contributed by atoms with Gasteiger partial charge in [0.25, 0.3) is 0 Å². The predicted octanol–water partition coefficient (Wildman–Crippen LogP) is 2.03. The molecule has 24 heteroatoms. The summed E-state index contributed by atoms with van der Waals surface area (Å²) in [4.78, 5) is 144. The number of carbonyl (C=O) groups is 10. The maximum Gasteiger partial charge on any atom is 0.326 e. The lowest BCUT2D eigenvalue weighted by atomic mass is 9.98. The van der Waals surface area contributed by atoms with E-state index in [1.165, 1.54) is 6.92 Å². The highest BCUT2D eigenvalue weighted by molar-refractivity contribution is 5.99. The van der Waals surface area contributed by atoms with Crippen molar-refractivity contribution in [1.29, 1.82) is 0 Å². The highest BCUT2D eigenvalue weighted by atomic mass is 16.4. The Labute approximate surface area is 459 Å². The number of nitrogens with one attached hydrogen (secondary N) is 10. The monoisotopic (exact) mass is 1100 g/mol. The highest BCUT2D eigenvalue weighted by Gasteiger charge is 2.36. The number of nitrogens with two attached hydrogens (primary N) is 1. The zero-order valence-electron chi connectivity index (χ0n) is 44.9. The number of aliphatic carboxylic acids is 3. The van der Waals surface area contributed by atoms with Crippen molar-refractivity contribution >= 4 is 92.0 Å². The molecule has 0 aliphatic carbocycles. The van der Waals surface area contributed by atoms with Crippen LogP contribution in [0.1, 0.15) is 77.0 Å². The molecule has 15 N–H and O–H groups in total. The molecule has 7 amide bonds. The Morgan fingerprint density at radius 2 is 0.887 bits per heavy atom. The van der Waals surface area contributed by atoms with Gasteiger partial charge in [-0.15, -0.1) is 0 Å². The second-order valence-corrected chi connectivity index (χ2v) is 20.2. The van der Waals surface area contributed by atoms with Crippen molar-refractivity contribution < 1.29 is 63.3 Å². The van der Waals surface area contributed by atoms with Gasteiger partial charge in [0.05, 0.1) is 12.5 Å². The van der Waals surface area contributed by atoms with Crippen molar-refractivity contribution in [3.63, 3.8) is 0 Å². The largest absolute Gasteiger partial charge is 0.481 e. The summed E-state index contributed by atoms with van der Waals surface area (Å²) in [6.07, 6.45) is 2.95. The van der Waals surface area contributed by atoms with Gasteiger partial charge in [0, 0.05) is 70.6 Å². The van der Waals surface area contributed by atoms with Gasteiger partial charge in [-0.05, 0) is 66.5 Å². The number of carbonyl (C=O) groups excluding carboxylic acids is 7. The molecule has 0 aliphatic heterocycles. The number of fused-ring (bicyclic) bond motifs is 3. The van der Waals surface area contributed by atoms with E-state index < -0.39 is 139 Å². The van der Waals surface area contributed by atoms with E-state index in [4.69, 9.17) is 5.73 Å². The van der Waals surface area contributed by atoms with Gasteiger partial charge in [-0.2, -0.15) is 0 Å². The molecule has 0 aliphatic rings. The first kappa shape index (κ1) is 60.2. The Hall–Kier alpha value is -9.06. The third-order valence-corrected chi connectivity index (χ3v) is 14.0. The van der Waals surface area contributed by atoms with Crippen LogP contribution in [0.5, 0.6) is 0 Å². The number of amides is 7. The number of carboxylic acid groups (broad SMARTS) is 3. The van der Waals surface area contributed by atoms with Gasteiger partial charge in [-0.3, -0.25) is 43.2 Å². The predicted molar refractivity (Wildman–Crippen MR) is 294 cm³/mol. The average molecular weight is 1100 g/mol. The second kappa shape index (κ2) is 27.5. The van der Waals surface area contributed by atoms with Gasteiger partial charge in [0.2, 0.25) is 41.4 Å². The van der Waals surface area contributed by atoms with Gasteiger partial charge in [0.1, 0.15) is 42.3 Å². The quantitative estimate of drug-likeness (QED) is 0.0320. The molecule has 0 radical (unpaired) electrons. The molecule has 0 fully saturated rings. The van der Waals surface area contributed by atoms with Crippen LogP contribution in [0.15, 0.2) is 91.4 Å². The molecule has 3 aromatic heterocycles. The summed E-state index contributed by atoms with van der Waals surface area (Å²) in [5.74, 6) is -11.8. The summed E-state index contributed by atoms with van der Waals surface area (Å²) in [5, 5.41) is 49.4. The molecular weight excluding hydrogens is 1030 g/mol. The van der Waals surface area contributed by atoms with Gasteiger partial charge in [-0.25, -0.2) is 4.79 Å². The van der Waals surface area contributed by atoms with Crippen LogP contribution in [0.3, 0.4) is 0 Å². The summed E-state index contributed by atoms with van der Waals surface area (Å²) in [5.41, 5.74) is 10.3. The van der Waals surface area contributed by atoms with Crippen LogP contribution >= 0.6 is 0 Å². The van der Waals surface area contributed by atoms with Crippen molar-refractivity contribution in [2.75, 3.05) is 0 Å². The SMILES string of the molecule is CC[C@H](C)[C@H](NC(=O)[C@H](Cc1c[nH]c2ccccc12)NC(=O)[C@H](C)NC(=O)[C@@H](NC(=O)[C@H](Cc1c[nH]c2ccccc12)NC(=O)[C@H](CC(=O)O)NC(=O)[C@H](CCC(=O)O)NC(=O)[C@@H](N)Cc1c[nH]c2ccccc12)C(C)C)C(=O)O. The molecule has 0 saturated heterocycles. The van der Waals surface area contributed by atoms with Crippen LogP contribution in [-0.4, -0.2) is 138 Å². The van der Waals surface area contributed by atoms with Crippen LogP contribution < -0.4 is 43.0 Å². The molecule has 80 heavy (non-hydrogen) atoms. The molecule has 9 atom stereocenters. The van der Waals surface area contributed by atoms with Gasteiger partial charge in [0.15, 0.2) is 0 Å². The topological polar surface area (TPSA) is 389 Å². The molecular formula is C56H69N11O13. The first-order chi connectivity index (χ1) is 38.0. The molecule has 3 aromatic carbocycles. The van der Waals surface area contributed by atoms with Crippen LogP contribution in [0.2, 0.25) is 0 Å². The Morgan fingerprint density at radius 3 is 1.34 bits per heavy atom. The number of rotatable bonds is 29. The van der Waals surface area contributed by atoms with Gasteiger partial charge < -0.3 is 73.2 Å². The molecule has 0 spiro atoms. The Balaban J connectivity index is 1.19. The summed E-state index contributed by atoms with van der Waals surface area (Å²) >= 11 is 0. The number of aromatic amines is 3. The summed E-state index contributed by atoms with van der Waals surface area (Å²) in [6.45, 7) is 8.00. The van der Waals surface area contributed by atoms with Crippen molar-refractivity contribution in [3.05, 3.63) is 108 Å². The molecule has 0 bridgehead atoms. The lowest BCUT2D eigenvalue weighted by Gasteiger charge is -2.28. The minimum absolute atomic E-state index is 0.0188. The first-order valence-corrected chi connectivity index (χ1v) is 26.2. The molecule has 3 heterocycles. The van der Waals surface area contributed by atoms with Crippen LogP contribution in [-0.2, 0) is 67.2 Å². The van der Waals surface area contributed by atoms with Gasteiger partial charge >= 0.3 is 17.9 Å². The lowest BCUT2D eigenvalue weighted by molar-refractivity contribution is -0.144. The van der Waals surface area contributed by atoms with Crippen LogP contribution in [0.4, 0.5) is 0 Å². The number of aromatic nitrogens is 3. The maximum absolute atomic E-state index is 14.5. The van der Waals surface area contributed by atoms with E-state index in [1.807, 2.05) is 36.4 Å². The van der Waals surface area contributed by atoms with Crippen molar-refractivity contribution in [3.8, 4) is 0 Å². The Morgan fingerprint density at radius 1 is 0.475 bits per heavy atom. The van der Waals surface area contributed by atoms with E-state index in [-0.39, 0.29) is 19.3 Å². The van der Waals surface area contributed by atoms with Crippen molar-refractivity contribution in [1.82, 2.24) is 52.2 Å². The van der Waals surface area contributed by atoms with E-state index in [0.717, 1.165) is 21.8 Å². The summed E-state index contributed by atoms with van der Waals surface area (Å²) < 4.78 is 0. The average Bonchev–Trinajstić information content (AvgIpc) is 4.16. The molecule has 0 unspecified atom stereocenters. The Bertz CT molecular complexity index is 3240. The van der Waals surface area contributed by atoms with Crippen LogP contribution in [0.25, 0.3) is 32.7 Å². The van der Waals surface area contributed by atoms with Crippen molar-refractivity contribution in [2.24, 2.45) is 17.6 Å². The van der Waals surface area contributed by atoms with E-state index in [2.05, 4.69) is 52.2 Å². The molecule has 6 rings (SSSR count). The fraction of sp³-hybridized carbons (Fsp3) is 0.393. The molecule has 6 aromatic rings. The lowest BCUT2D eigenvalue weighted by Crippen LogP contribution is -2.61. The Kier molecular flexibility index (Phi) is 20.7. The van der Waals surface area contributed by atoms with Gasteiger partial charge in [-0.1, -0.05) is 88.7 Å². The fourth-order valence-corrected chi connectivity index (χ4v) is 9.22. The third kappa shape index (κ3) is 15.8. The van der Waals surface area contributed by atoms with E-state index in [9.17, 15) is 63.3 Å². The third-order valence-electron chi connectivity index (χ3n) is 14.0. The van der Waals surface area contributed by atoms with E-state index >= 15 is 0 Å². The first-order valence-electron chi connectivity index (χ1n) is 26.2. The zero-order valence-corrected chi connectivity index (χ0v) is 44.9. The number of benzene rings is 3. The van der Waals surface area contributed by atoms with Crippen LogP contribution in [0, 0.1) is 11.8 Å². The molecule has 426 valence electrons. The zero-order chi connectivity index (χ0) is 58.4. The van der Waals surface area contributed by atoms with E-state index in [1.54, 1.807) is 82.7 Å². The smallest absolute Gasteiger partial charge is 0.326 e. The number of para-hydroxylation sites is 3. The molecule has 0 saturated carbocycles. The fourth-order valence-electron chi connectivity index (χ4n) is 9.22. The summed E-state index contributed by atoms with van der Waals surface area (Å²) in [7, 11) is 0. The molecule has 24 nitrogen and oxygen atoms in total. The minimum atomic E-state index is -1.90. The normalized spacial score (nSPS) is 14.8.